The van der Waals surface area contributed by atoms with Crippen LogP contribution in [0.3, 0.4) is 0 Å². The monoisotopic (exact) mass is 373 g/mol. The van der Waals surface area contributed by atoms with Crippen LogP contribution in [0, 0.1) is 5.92 Å². The van der Waals surface area contributed by atoms with Gasteiger partial charge >= 0.3 is 5.97 Å². The lowest BCUT2D eigenvalue weighted by molar-refractivity contribution is -0.142. The fourth-order valence-electron chi connectivity index (χ4n) is 2.56. The Morgan fingerprint density at radius 2 is 1.96 bits per heavy atom. The Labute approximate surface area is 156 Å². The van der Waals surface area contributed by atoms with Crippen LogP contribution in [0.15, 0.2) is 36.9 Å². The van der Waals surface area contributed by atoms with Gasteiger partial charge in [0, 0.05) is 5.56 Å². The Hall–Kier alpha value is -3.23. The van der Waals surface area contributed by atoms with Crippen LogP contribution in [-0.2, 0) is 16.1 Å². The second-order valence-electron chi connectivity index (χ2n) is 6.52. The number of aromatic nitrogens is 3. The van der Waals surface area contributed by atoms with Crippen LogP contribution in [0.25, 0.3) is 0 Å². The standard InChI is InChI=1S/C18H23N5O4/c1-12(2)7-15(18(26)27)22-16(24)8-20-17(25)14-6-4-3-5-13(14)9-23-11-19-10-21-23/h3-6,10-12,15H,7-9H2,1-2H3,(H,20,25)(H,22,24)(H,26,27)/t15-/m0/s1. The SMILES string of the molecule is CC(C)C[C@H](NC(=O)CNC(=O)c1ccccc1Cn1cncn1)C(=O)O. The molecule has 2 rings (SSSR count). The number of nitrogens with one attached hydrogen (secondary N) is 2. The van der Waals surface area contributed by atoms with Crippen molar-refractivity contribution in [2.45, 2.75) is 32.9 Å². The molecule has 0 spiro atoms. The molecule has 1 atom stereocenters. The maximum atomic E-state index is 12.4. The fourth-order valence-corrected chi connectivity index (χ4v) is 2.56. The highest BCUT2D eigenvalue weighted by molar-refractivity contribution is 5.98. The summed E-state index contributed by atoms with van der Waals surface area (Å²) in [6.07, 6.45) is 3.27. The minimum absolute atomic E-state index is 0.115. The van der Waals surface area contributed by atoms with Crippen LogP contribution in [0.1, 0.15) is 36.2 Å². The van der Waals surface area contributed by atoms with Gasteiger partial charge in [-0.1, -0.05) is 32.0 Å². The number of carbonyl (C=O) groups excluding carboxylic acids is 2. The van der Waals surface area contributed by atoms with Gasteiger partial charge in [-0.05, 0) is 24.0 Å². The number of carboxylic acids is 1. The number of carboxylic acid groups (broad SMARTS) is 1. The Bertz CT molecular complexity index is 789. The molecular weight excluding hydrogens is 350 g/mol. The van der Waals surface area contributed by atoms with E-state index in [2.05, 4.69) is 20.7 Å². The Kier molecular flexibility index (Phi) is 7.04. The predicted octanol–water partition coefficient (Wildman–Crippen LogP) is 0.672. The van der Waals surface area contributed by atoms with Crippen LogP contribution in [-0.4, -0.2) is 50.2 Å². The van der Waals surface area contributed by atoms with Gasteiger partial charge in [0.25, 0.3) is 5.91 Å². The van der Waals surface area contributed by atoms with Gasteiger partial charge in [0.05, 0.1) is 13.1 Å². The van der Waals surface area contributed by atoms with Gasteiger partial charge in [0.1, 0.15) is 18.7 Å². The molecule has 9 nitrogen and oxygen atoms in total. The first-order chi connectivity index (χ1) is 12.9. The van der Waals surface area contributed by atoms with Crippen LogP contribution in [0.5, 0.6) is 0 Å². The molecule has 0 bridgehead atoms. The highest BCUT2D eigenvalue weighted by atomic mass is 16.4. The van der Waals surface area contributed by atoms with Crippen molar-refractivity contribution in [1.82, 2.24) is 25.4 Å². The van der Waals surface area contributed by atoms with E-state index in [4.69, 9.17) is 5.11 Å². The van der Waals surface area contributed by atoms with Gasteiger partial charge in [-0.15, -0.1) is 0 Å². The van der Waals surface area contributed by atoms with E-state index in [9.17, 15) is 14.4 Å². The average Bonchev–Trinajstić information content (AvgIpc) is 3.12. The Morgan fingerprint density at radius 3 is 2.59 bits per heavy atom. The van der Waals surface area contributed by atoms with Crippen LogP contribution < -0.4 is 10.6 Å². The zero-order valence-electron chi connectivity index (χ0n) is 15.3. The third kappa shape index (κ3) is 6.21. The number of amides is 2. The van der Waals surface area contributed by atoms with E-state index in [0.29, 0.717) is 18.5 Å². The summed E-state index contributed by atoms with van der Waals surface area (Å²) in [4.78, 5) is 39.5. The predicted molar refractivity (Wildman–Crippen MR) is 96.9 cm³/mol. The number of aliphatic carboxylic acids is 1. The molecular formula is C18H23N5O4. The number of nitrogens with zero attached hydrogens (tertiary/aromatic N) is 3. The fraction of sp³-hybridized carbons (Fsp3) is 0.389. The van der Waals surface area contributed by atoms with Gasteiger partial charge in [-0.3, -0.25) is 9.59 Å². The molecule has 0 aliphatic carbocycles. The average molecular weight is 373 g/mol. The minimum atomic E-state index is -1.10. The molecule has 1 aromatic heterocycles. The van der Waals surface area contributed by atoms with Crippen LogP contribution >= 0.6 is 0 Å². The molecule has 2 amide bonds. The highest BCUT2D eigenvalue weighted by Gasteiger charge is 2.21. The number of hydrogen-bond donors (Lipinski definition) is 3. The summed E-state index contributed by atoms with van der Waals surface area (Å²) in [7, 11) is 0. The number of carbonyl (C=O) groups is 3. The smallest absolute Gasteiger partial charge is 0.326 e. The first kappa shape index (κ1) is 20.1. The van der Waals surface area contributed by atoms with E-state index in [1.54, 1.807) is 35.3 Å². The Morgan fingerprint density at radius 1 is 1.22 bits per heavy atom. The maximum absolute atomic E-state index is 12.4. The maximum Gasteiger partial charge on any atom is 0.326 e. The normalized spacial score (nSPS) is 11.8. The van der Waals surface area contributed by atoms with Crippen molar-refractivity contribution in [3.05, 3.63) is 48.0 Å². The molecule has 0 saturated carbocycles. The molecule has 0 unspecified atom stereocenters. The molecule has 27 heavy (non-hydrogen) atoms. The van der Waals surface area contributed by atoms with Gasteiger partial charge in [0.15, 0.2) is 0 Å². The van der Waals surface area contributed by atoms with Crippen molar-refractivity contribution in [1.29, 1.82) is 0 Å². The number of benzene rings is 1. The van der Waals surface area contributed by atoms with Crippen LogP contribution in [0.2, 0.25) is 0 Å². The van der Waals surface area contributed by atoms with E-state index in [1.165, 1.54) is 6.33 Å². The van der Waals surface area contributed by atoms with Crippen molar-refractivity contribution >= 4 is 17.8 Å². The summed E-state index contributed by atoms with van der Waals surface area (Å²) >= 11 is 0. The van der Waals surface area contributed by atoms with Crippen molar-refractivity contribution in [3.63, 3.8) is 0 Å². The van der Waals surface area contributed by atoms with E-state index in [-0.39, 0.29) is 12.5 Å². The van der Waals surface area contributed by atoms with E-state index in [1.807, 2.05) is 13.8 Å². The quantitative estimate of drug-likeness (QED) is 0.593. The zero-order valence-corrected chi connectivity index (χ0v) is 15.3. The molecule has 0 radical (unpaired) electrons. The molecule has 0 fully saturated rings. The second kappa shape index (κ2) is 9.46. The van der Waals surface area contributed by atoms with Crippen molar-refractivity contribution in [2.75, 3.05) is 6.54 Å². The Balaban J connectivity index is 1.95. The molecule has 3 N–H and O–H groups in total. The third-order valence-corrected chi connectivity index (χ3v) is 3.81. The van der Waals surface area contributed by atoms with Gasteiger partial charge < -0.3 is 15.7 Å². The summed E-state index contributed by atoms with van der Waals surface area (Å²) in [6, 6.07) is 5.99. The third-order valence-electron chi connectivity index (χ3n) is 3.81. The first-order valence-electron chi connectivity index (χ1n) is 8.57. The zero-order chi connectivity index (χ0) is 19.8. The molecule has 0 aliphatic rings. The van der Waals surface area contributed by atoms with Crippen molar-refractivity contribution < 1.29 is 19.5 Å². The second-order valence-corrected chi connectivity index (χ2v) is 6.52. The topological polar surface area (TPSA) is 126 Å². The molecule has 0 aliphatic heterocycles. The lowest BCUT2D eigenvalue weighted by Crippen LogP contribution is -2.46. The van der Waals surface area contributed by atoms with Crippen molar-refractivity contribution in [2.24, 2.45) is 5.92 Å². The summed E-state index contributed by atoms with van der Waals surface area (Å²) in [6.45, 7) is 3.80. The first-order valence-corrected chi connectivity index (χ1v) is 8.57. The molecule has 1 aromatic carbocycles. The van der Waals surface area contributed by atoms with Crippen LogP contribution in [0.4, 0.5) is 0 Å². The largest absolute Gasteiger partial charge is 0.480 e. The lowest BCUT2D eigenvalue weighted by atomic mass is 10.0. The summed E-state index contributed by atoms with van der Waals surface area (Å²) < 4.78 is 1.59. The summed E-state index contributed by atoms with van der Waals surface area (Å²) in [5, 5.41) is 18.1. The molecule has 2 aromatic rings. The van der Waals surface area contributed by atoms with Gasteiger partial charge in [0.2, 0.25) is 5.91 Å². The minimum Gasteiger partial charge on any atom is -0.480 e. The van der Waals surface area contributed by atoms with Gasteiger partial charge in [-0.2, -0.15) is 5.10 Å². The summed E-state index contributed by atoms with van der Waals surface area (Å²) in [5.41, 5.74) is 1.14. The molecule has 9 heteroatoms. The highest BCUT2D eigenvalue weighted by Crippen LogP contribution is 2.10. The summed E-state index contributed by atoms with van der Waals surface area (Å²) in [5.74, 6) is -1.95. The van der Waals surface area contributed by atoms with E-state index < -0.39 is 23.8 Å². The van der Waals surface area contributed by atoms with Crippen molar-refractivity contribution in [3.8, 4) is 0 Å². The number of rotatable bonds is 9. The number of hydrogen-bond acceptors (Lipinski definition) is 5. The van der Waals surface area contributed by atoms with E-state index in [0.717, 1.165) is 5.56 Å². The lowest BCUT2D eigenvalue weighted by Gasteiger charge is -2.17. The van der Waals surface area contributed by atoms with E-state index >= 15 is 0 Å². The van der Waals surface area contributed by atoms with Gasteiger partial charge in [-0.25, -0.2) is 14.5 Å². The molecule has 0 saturated heterocycles. The molecule has 1 heterocycles. The molecule has 144 valence electrons.